The molecule has 2 aliphatic rings. The van der Waals surface area contributed by atoms with Crippen LogP contribution in [0.25, 0.3) is 0 Å². The van der Waals surface area contributed by atoms with Crippen molar-refractivity contribution in [3.63, 3.8) is 0 Å². The number of halogens is 3. The van der Waals surface area contributed by atoms with Crippen LogP contribution in [0.1, 0.15) is 12.8 Å². The van der Waals surface area contributed by atoms with E-state index in [2.05, 4.69) is 5.32 Å². The van der Waals surface area contributed by atoms with E-state index in [0.29, 0.717) is 32.6 Å². The largest absolute Gasteiger partial charge is 0.442 e. The highest BCUT2D eigenvalue weighted by Gasteiger charge is 2.34. The van der Waals surface area contributed by atoms with Crippen LogP contribution in [-0.2, 0) is 9.59 Å². The van der Waals surface area contributed by atoms with Gasteiger partial charge < -0.3 is 15.1 Å². The van der Waals surface area contributed by atoms with Crippen LogP contribution in [0.5, 0.6) is 0 Å². The Hall–Kier alpha value is -0.960. The minimum atomic E-state index is -4.39. The first kappa shape index (κ1) is 16.4. The van der Waals surface area contributed by atoms with Crippen LogP contribution >= 0.6 is 11.8 Å². The summed E-state index contributed by atoms with van der Waals surface area (Å²) >= 11 is -0.309. The molecule has 0 aromatic heterocycles. The van der Waals surface area contributed by atoms with Crippen molar-refractivity contribution in [1.82, 2.24) is 15.1 Å². The zero-order chi connectivity index (χ0) is 15.5. The van der Waals surface area contributed by atoms with Crippen molar-refractivity contribution in [2.75, 3.05) is 38.5 Å². The van der Waals surface area contributed by atoms with Crippen LogP contribution in [0, 0.1) is 0 Å². The van der Waals surface area contributed by atoms with Gasteiger partial charge in [0.25, 0.3) is 0 Å². The molecule has 1 unspecified atom stereocenters. The summed E-state index contributed by atoms with van der Waals surface area (Å²) in [4.78, 5) is 26.9. The van der Waals surface area contributed by atoms with Gasteiger partial charge in [0.1, 0.15) is 0 Å². The fraction of sp³-hybridized carbons (Fsp3) is 0.833. The van der Waals surface area contributed by atoms with E-state index in [1.54, 1.807) is 4.90 Å². The minimum Gasteiger partial charge on any atom is -0.340 e. The second kappa shape index (κ2) is 6.87. The molecule has 0 radical (unpaired) electrons. The molecule has 9 heteroatoms. The SMILES string of the molecule is O=C(CSC(F)(F)F)N1CCCC(N2CCNCC2=O)C1. The molecule has 1 N–H and O–H groups in total. The van der Waals surface area contributed by atoms with Crippen LogP contribution in [-0.4, -0.2) is 71.6 Å². The number of thioether (sulfide) groups is 1. The number of carbonyl (C=O) groups excluding carboxylic acids is 2. The number of rotatable bonds is 3. The maximum atomic E-state index is 12.1. The van der Waals surface area contributed by atoms with Gasteiger partial charge in [-0.25, -0.2) is 0 Å². The lowest BCUT2D eigenvalue weighted by Crippen LogP contribution is -2.57. The van der Waals surface area contributed by atoms with E-state index in [1.165, 1.54) is 4.90 Å². The van der Waals surface area contributed by atoms with E-state index < -0.39 is 17.2 Å². The van der Waals surface area contributed by atoms with Crippen molar-refractivity contribution in [2.24, 2.45) is 0 Å². The predicted octanol–water partition coefficient (Wildman–Crippen LogP) is 0.662. The summed E-state index contributed by atoms with van der Waals surface area (Å²) in [5.74, 6) is -1.11. The third kappa shape index (κ3) is 4.77. The third-order valence-corrected chi connectivity index (χ3v) is 4.39. The Kier molecular flexibility index (Phi) is 5.37. The smallest absolute Gasteiger partial charge is 0.340 e. The number of carbonyl (C=O) groups is 2. The van der Waals surface area contributed by atoms with Crippen molar-refractivity contribution < 1.29 is 22.8 Å². The fourth-order valence-electron chi connectivity index (χ4n) is 2.68. The second-order valence-electron chi connectivity index (χ2n) is 5.13. The topological polar surface area (TPSA) is 52.7 Å². The molecule has 2 rings (SSSR count). The zero-order valence-corrected chi connectivity index (χ0v) is 12.3. The molecule has 5 nitrogen and oxygen atoms in total. The lowest BCUT2D eigenvalue weighted by atomic mass is 10.0. The Balaban J connectivity index is 1.88. The number of amides is 2. The number of hydrogen-bond donors (Lipinski definition) is 1. The summed E-state index contributed by atoms with van der Waals surface area (Å²) in [6.45, 7) is 2.38. The number of nitrogens with zero attached hydrogens (tertiary/aromatic N) is 2. The van der Waals surface area contributed by atoms with Crippen LogP contribution < -0.4 is 5.32 Å². The second-order valence-corrected chi connectivity index (χ2v) is 6.17. The van der Waals surface area contributed by atoms with Crippen LogP contribution in [0.4, 0.5) is 13.2 Å². The van der Waals surface area contributed by atoms with Gasteiger partial charge in [0, 0.05) is 32.2 Å². The molecule has 0 aromatic carbocycles. The number of piperidine rings is 1. The third-order valence-electron chi connectivity index (χ3n) is 3.68. The van der Waals surface area contributed by atoms with Crippen LogP contribution in [0.3, 0.4) is 0 Å². The molecule has 2 amide bonds. The molecule has 0 bridgehead atoms. The highest BCUT2D eigenvalue weighted by Crippen LogP contribution is 2.30. The van der Waals surface area contributed by atoms with E-state index in [1.807, 2.05) is 0 Å². The molecule has 21 heavy (non-hydrogen) atoms. The van der Waals surface area contributed by atoms with E-state index in [0.717, 1.165) is 6.42 Å². The molecule has 2 heterocycles. The number of nitrogens with one attached hydrogen (secondary N) is 1. The molecule has 120 valence electrons. The highest BCUT2D eigenvalue weighted by molar-refractivity contribution is 8.00. The Morgan fingerprint density at radius 3 is 2.81 bits per heavy atom. The predicted molar refractivity (Wildman–Crippen MR) is 72.7 cm³/mol. The van der Waals surface area contributed by atoms with Gasteiger partial charge in [0.2, 0.25) is 11.8 Å². The Bertz CT molecular complexity index is 406. The maximum absolute atomic E-state index is 12.1. The first-order chi connectivity index (χ1) is 9.87. The normalized spacial score (nSPS) is 24.3. The Labute approximate surface area is 125 Å². The molecule has 2 fully saturated rings. The lowest BCUT2D eigenvalue weighted by Gasteiger charge is -2.41. The molecule has 0 aliphatic carbocycles. The molecule has 0 saturated carbocycles. The average molecular weight is 325 g/mol. The van der Waals surface area contributed by atoms with Gasteiger partial charge >= 0.3 is 5.51 Å². The van der Waals surface area contributed by atoms with Gasteiger partial charge in [-0.15, -0.1) is 0 Å². The molecule has 0 spiro atoms. The van der Waals surface area contributed by atoms with Crippen molar-refractivity contribution in [2.45, 2.75) is 24.4 Å². The van der Waals surface area contributed by atoms with Crippen molar-refractivity contribution >= 4 is 23.6 Å². The van der Waals surface area contributed by atoms with Crippen molar-refractivity contribution in [3.8, 4) is 0 Å². The van der Waals surface area contributed by atoms with Gasteiger partial charge in [-0.05, 0) is 24.6 Å². The summed E-state index contributed by atoms with van der Waals surface area (Å²) < 4.78 is 36.4. The summed E-state index contributed by atoms with van der Waals surface area (Å²) in [6, 6.07) is -0.0758. The van der Waals surface area contributed by atoms with Crippen LogP contribution in [0.2, 0.25) is 0 Å². The van der Waals surface area contributed by atoms with Gasteiger partial charge in [-0.1, -0.05) is 0 Å². The van der Waals surface area contributed by atoms with Gasteiger partial charge in [0.05, 0.1) is 12.3 Å². The summed E-state index contributed by atoms with van der Waals surface area (Å²) in [5, 5.41) is 2.97. The monoisotopic (exact) mass is 325 g/mol. The van der Waals surface area contributed by atoms with E-state index in [-0.39, 0.29) is 30.3 Å². The van der Waals surface area contributed by atoms with Crippen molar-refractivity contribution in [3.05, 3.63) is 0 Å². The first-order valence-corrected chi connectivity index (χ1v) is 7.84. The number of hydrogen-bond acceptors (Lipinski definition) is 4. The van der Waals surface area contributed by atoms with Gasteiger partial charge in [-0.2, -0.15) is 13.2 Å². The molecule has 2 saturated heterocycles. The van der Waals surface area contributed by atoms with E-state index in [9.17, 15) is 22.8 Å². The fourth-order valence-corrected chi connectivity index (χ4v) is 3.15. The summed E-state index contributed by atoms with van der Waals surface area (Å²) in [7, 11) is 0. The zero-order valence-electron chi connectivity index (χ0n) is 11.5. The van der Waals surface area contributed by atoms with E-state index in [4.69, 9.17) is 0 Å². The average Bonchev–Trinajstić information content (AvgIpc) is 2.44. The summed E-state index contributed by atoms with van der Waals surface area (Å²) in [5.41, 5.74) is -4.39. The standard InChI is InChI=1S/C12H18F3N3O2S/c13-12(14,15)21-8-11(20)17-4-1-2-9(7-17)18-5-3-16-6-10(18)19/h9,16H,1-8H2. The maximum Gasteiger partial charge on any atom is 0.442 e. The lowest BCUT2D eigenvalue weighted by molar-refractivity contribution is -0.139. The quantitative estimate of drug-likeness (QED) is 0.828. The number of alkyl halides is 3. The molecule has 2 aliphatic heterocycles. The minimum absolute atomic E-state index is 0.00906. The Morgan fingerprint density at radius 2 is 2.14 bits per heavy atom. The van der Waals surface area contributed by atoms with Crippen molar-refractivity contribution in [1.29, 1.82) is 0 Å². The first-order valence-electron chi connectivity index (χ1n) is 6.85. The molecular weight excluding hydrogens is 307 g/mol. The number of likely N-dealkylation sites (tertiary alicyclic amines) is 1. The highest BCUT2D eigenvalue weighted by atomic mass is 32.2. The molecule has 0 aromatic rings. The van der Waals surface area contributed by atoms with E-state index >= 15 is 0 Å². The molecular formula is C12H18F3N3O2S. The Morgan fingerprint density at radius 1 is 1.38 bits per heavy atom. The van der Waals surface area contributed by atoms with Gasteiger partial charge in [-0.3, -0.25) is 9.59 Å². The van der Waals surface area contributed by atoms with Crippen LogP contribution in [0.15, 0.2) is 0 Å². The summed E-state index contributed by atoms with van der Waals surface area (Å²) in [6.07, 6.45) is 1.51. The number of piperazine rings is 1. The van der Waals surface area contributed by atoms with Gasteiger partial charge in [0.15, 0.2) is 0 Å². The molecule has 1 atom stereocenters.